The van der Waals surface area contributed by atoms with Gasteiger partial charge in [-0.3, -0.25) is 15.6 Å². The van der Waals surface area contributed by atoms with Crippen molar-refractivity contribution < 1.29 is 4.79 Å². The molecule has 0 aromatic heterocycles. The van der Waals surface area contributed by atoms with Crippen LogP contribution in [-0.4, -0.2) is 5.91 Å². The highest BCUT2D eigenvalue weighted by molar-refractivity contribution is 9.10. The Kier molecular flexibility index (Phi) is 4.23. The highest BCUT2D eigenvalue weighted by atomic mass is 79.9. The molecule has 0 unspecified atom stereocenters. The first-order chi connectivity index (χ1) is 8.65. The van der Waals surface area contributed by atoms with E-state index >= 15 is 0 Å². The monoisotopic (exact) mass is 324 g/mol. The van der Waals surface area contributed by atoms with Gasteiger partial charge in [-0.2, -0.15) is 0 Å². The van der Waals surface area contributed by atoms with Crippen LogP contribution in [0.25, 0.3) is 0 Å². The summed E-state index contributed by atoms with van der Waals surface area (Å²) in [6.07, 6.45) is 0. The van der Waals surface area contributed by atoms with Crippen LogP contribution in [-0.2, 0) is 0 Å². The van der Waals surface area contributed by atoms with Crippen molar-refractivity contribution in [3.05, 3.63) is 63.6 Å². The van der Waals surface area contributed by atoms with Crippen molar-refractivity contribution >= 4 is 39.1 Å². The largest absolute Gasteiger partial charge is 0.298 e. The maximum absolute atomic E-state index is 11.8. The van der Waals surface area contributed by atoms with E-state index < -0.39 is 0 Å². The third-order valence-electron chi connectivity index (χ3n) is 2.27. The number of nitrogens with one attached hydrogen (secondary N) is 2. The summed E-state index contributed by atoms with van der Waals surface area (Å²) in [4.78, 5) is 11.8. The van der Waals surface area contributed by atoms with Gasteiger partial charge in [-0.1, -0.05) is 27.5 Å². The van der Waals surface area contributed by atoms with E-state index in [1.165, 1.54) is 0 Å². The van der Waals surface area contributed by atoms with Gasteiger partial charge in [0.25, 0.3) is 5.91 Å². The number of carbonyl (C=O) groups is 1. The number of halogens is 2. The van der Waals surface area contributed by atoms with Crippen LogP contribution in [0.1, 0.15) is 10.4 Å². The predicted octanol–water partition coefficient (Wildman–Crippen LogP) is 3.86. The Balaban J connectivity index is 1.96. The molecule has 2 aromatic carbocycles. The molecule has 0 heterocycles. The summed E-state index contributed by atoms with van der Waals surface area (Å²) < 4.78 is 0.983. The highest BCUT2D eigenvalue weighted by Crippen LogP contribution is 2.13. The summed E-state index contributed by atoms with van der Waals surface area (Å²) in [5.41, 5.74) is 6.79. The summed E-state index contributed by atoms with van der Waals surface area (Å²) in [6.45, 7) is 0. The molecule has 5 heteroatoms. The molecule has 1 amide bonds. The molecular formula is C13H10BrClN2O. The second-order valence-corrected chi connectivity index (χ2v) is 4.95. The first-order valence-corrected chi connectivity index (χ1v) is 6.40. The lowest BCUT2D eigenvalue weighted by Crippen LogP contribution is -2.29. The maximum atomic E-state index is 11.8. The lowest BCUT2D eigenvalue weighted by molar-refractivity contribution is 0.0962. The van der Waals surface area contributed by atoms with Crippen LogP contribution in [0.3, 0.4) is 0 Å². The third-order valence-corrected chi connectivity index (χ3v) is 3.05. The van der Waals surface area contributed by atoms with Gasteiger partial charge in [-0.25, -0.2) is 0 Å². The Morgan fingerprint density at radius 3 is 2.22 bits per heavy atom. The van der Waals surface area contributed by atoms with Crippen LogP contribution in [0.2, 0.25) is 5.02 Å². The maximum Gasteiger partial charge on any atom is 0.269 e. The Labute approximate surface area is 118 Å². The average Bonchev–Trinajstić information content (AvgIpc) is 2.38. The van der Waals surface area contributed by atoms with Gasteiger partial charge in [-0.05, 0) is 48.5 Å². The summed E-state index contributed by atoms with van der Waals surface area (Å²) >= 11 is 9.09. The van der Waals surface area contributed by atoms with E-state index in [9.17, 15) is 4.79 Å². The molecule has 0 spiro atoms. The van der Waals surface area contributed by atoms with E-state index in [1.807, 2.05) is 24.3 Å². The van der Waals surface area contributed by atoms with Crippen LogP contribution < -0.4 is 10.9 Å². The van der Waals surface area contributed by atoms with Gasteiger partial charge in [0.2, 0.25) is 0 Å². The zero-order valence-electron chi connectivity index (χ0n) is 9.28. The van der Waals surface area contributed by atoms with Gasteiger partial charge in [0.05, 0.1) is 5.69 Å². The minimum Gasteiger partial charge on any atom is -0.298 e. The quantitative estimate of drug-likeness (QED) is 0.841. The standard InChI is InChI=1S/C13H10BrClN2O/c14-10-3-7-12(8-4-10)16-17-13(18)9-1-5-11(15)6-2-9/h1-8,16H,(H,17,18). The molecule has 0 atom stereocenters. The molecule has 0 bridgehead atoms. The van der Waals surface area contributed by atoms with Gasteiger partial charge < -0.3 is 0 Å². The predicted molar refractivity (Wildman–Crippen MR) is 76.7 cm³/mol. The minimum absolute atomic E-state index is 0.213. The number of hydrazine groups is 1. The molecule has 3 nitrogen and oxygen atoms in total. The number of anilines is 1. The molecule has 2 aromatic rings. The van der Waals surface area contributed by atoms with Gasteiger partial charge in [0.1, 0.15) is 0 Å². The molecule has 0 aliphatic heterocycles. The van der Waals surface area contributed by atoms with Gasteiger partial charge in [-0.15, -0.1) is 0 Å². The third kappa shape index (κ3) is 3.48. The zero-order valence-corrected chi connectivity index (χ0v) is 11.6. The van der Waals surface area contributed by atoms with E-state index in [4.69, 9.17) is 11.6 Å². The van der Waals surface area contributed by atoms with Crippen LogP contribution in [0.15, 0.2) is 53.0 Å². The van der Waals surface area contributed by atoms with Crippen LogP contribution in [0.4, 0.5) is 5.69 Å². The summed E-state index contributed by atoms with van der Waals surface area (Å²) in [5.74, 6) is -0.213. The van der Waals surface area contributed by atoms with Crippen LogP contribution >= 0.6 is 27.5 Å². The van der Waals surface area contributed by atoms with Gasteiger partial charge in [0.15, 0.2) is 0 Å². The zero-order chi connectivity index (χ0) is 13.0. The molecule has 0 aliphatic rings. The lowest BCUT2D eigenvalue weighted by Gasteiger charge is -2.08. The van der Waals surface area contributed by atoms with Crippen LogP contribution in [0, 0.1) is 0 Å². The molecular weight excluding hydrogens is 316 g/mol. The topological polar surface area (TPSA) is 41.1 Å². The van der Waals surface area contributed by atoms with Crippen molar-refractivity contribution in [3.8, 4) is 0 Å². The highest BCUT2D eigenvalue weighted by Gasteiger charge is 2.04. The number of benzene rings is 2. The molecule has 0 aliphatic carbocycles. The van der Waals surface area contributed by atoms with Crippen molar-refractivity contribution in [1.29, 1.82) is 0 Å². The lowest BCUT2D eigenvalue weighted by atomic mass is 10.2. The number of amides is 1. The van der Waals surface area contributed by atoms with Gasteiger partial charge >= 0.3 is 0 Å². The number of hydrogen-bond donors (Lipinski definition) is 2. The van der Waals surface area contributed by atoms with E-state index in [1.54, 1.807) is 24.3 Å². The fraction of sp³-hybridized carbons (Fsp3) is 0. The fourth-order valence-corrected chi connectivity index (χ4v) is 1.73. The Bertz CT molecular complexity index is 540. The molecule has 2 rings (SSSR count). The molecule has 0 radical (unpaired) electrons. The van der Waals surface area contributed by atoms with E-state index in [-0.39, 0.29) is 5.91 Å². The molecule has 92 valence electrons. The van der Waals surface area contributed by atoms with Crippen molar-refractivity contribution in [2.75, 3.05) is 5.43 Å². The number of carbonyl (C=O) groups excluding carboxylic acids is 1. The molecule has 0 saturated heterocycles. The fourth-order valence-electron chi connectivity index (χ4n) is 1.34. The van der Waals surface area contributed by atoms with E-state index in [0.717, 1.165) is 10.2 Å². The Morgan fingerprint density at radius 1 is 1.00 bits per heavy atom. The number of rotatable bonds is 3. The summed E-state index contributed by atoms with van der Waals surface area (Å²) in [7, 11) is 0. The number of hydrogen-bond acceptors (Lipinski definition) is 2. The van der Waals surface area contributed by atoms with Crippen molar-refractivity contribution in [2.24, 2.45) is 0 Å². The normalized spacial score (nSPS) is 9.89. The molecule has 0 saturated carbocycles. The summed E-state index contributed by atoms with van der Waals surface area (Å²) in [6, 6.07) is 14.2. The molecule has 2 N–H and O–H groups in total. The van der Waals surface area contributed by atoms with Crippen molar-refractivity contribution in [3.63, 3.8) is 0 Å². The van der Waals surface area contributed by atoms with E-state index in [2.05, 4.69) is 26.8 Å². The second-order valence-electron chi connectivity index (χ2n) is 3.59. The average molecular weight is 326 g/mol. The Morgan fingerprint density at radius 2 is 1.61 bits per heavy atom. The minimum atomic E-state index is -0.213. The summed E-state index contributed by atoms with van der Waals surface area (Å²) in [5, 5.41) is 0.604. The second kappa shape index (κ2) is 5.89. The SMILES string of the molecule is O=C(NNc1ccc(Br)cc1)c1ccc(Cl)cc1. The van der Waals surface area contributed by atoms with Gasteiger partial charge in [0, 0.05) is 15.1 Å². The van der Waals surface area contributed by atoms with E-state index in [0.29, 0.717) is 10.6 Å². The van der Waals surface area contributed by atoms with Crippen molar-refractivity contribution in [2.45, 2.75) is 0 Å². The first kappa shape index (κ1) is 12.9. The Hall–Kier alpha value is -1.52. The smallest absolute Gasteiger partial charge is 0.269 e. The van der Waals surface area contributed by atoms with Crippen molar-refractivity contribution in [1.82, 2.24) is 5.43 Å². The van der Waals surface area contributed by atoms with Crippen LogP contribution in [0.5, 0.6) is 0 Å². The molecule has 18 heavy (non-hydrogen) atoms. The molecule has 0 fully saturated rings. The first-order valence-electron chi connectivity index (χ1n) is 5.22.